The summed E-state index contributed by atoms with van der Waals surface area (Å²) in [4.78, 5) is 4.63. The Morgan fingerprint density at radius 2 is 1.81 bits per heavy atom. The van der Waals surface area contributed by atoms with Crippen LogP contribution in [0.25, 0.3) is 0 Å². The Kier molecular flexibility index (Phi) is 5.43. The van der Waals surface area contributed by atoms with Crippen LogP contribution in [0.1, 0.15) is 12.5 Å². The average molecular weight is 289 g/mol. The molecule has 1 heterocycles. The van der Waals surface area contributed by atoms with Crippen LogP contribution in [0.3, 0.4) is 0 Å². The molecular weight excluding hydrogens is 266 g/mol. The van der Waals surface area contributed by atoms with E-state index in [4.69, 9.17) is 14.7 Å². The fourth-order valence-electron chi connectivity index (χ4n) is 2.63. The van der Waals surface area contributed by atoms with E-state index in [0.717, 1.165) is 44.2 Å². The highest BCUT2D eigenvalue weighted by atomic mass is 16.5. The second-order valence-electron chi connectivity index (χ2n) is 5.31. The maximum Gasteiger partial charge on any atom is 0.161 e. The van der Waals surface area contributed by atoms with Gasteiger partial charge in [-0.05, 0) is 24.6 Å². The predicted octanol–water partition coefficient (Wildman–Crippen LogP) is 1.73. The number of piperazine rings is 1. The zero-order valence-corrected chi connectivity index (χ0v) is 13.0. The van der Waals surface area contributed by atoms with Gasteiger partial charge < -0.3 is 9.47 Å². The molecule has 0 aromatic heterocycles. The number of methoxy groups -OCH3 is 2. The Labute approximate surface area is 126 Å². The van der Waals surface area contributed by atoms with Gasteiger partial charge in [0.05, 0.1) is 26.3 Å². The SMILES string of the molecule is COc1ccc(CN2CCN([C@H](C)C#N)CC2)cc1OC. The first-order valence-corrected chi connectivity index (χ1v) is 7.25. The Morgan fingerprint density at radius 3 is 2.38 bits per heavy atom. The van der Waals surface area contributed by atoms with E-state index in [1.165, 1.54) is 5.56 Å². The third-order valence-corrected chi connectivity index (χ3v) is 4.00. The summed E-state index contributed by atoms with van der Waals surface area (Å²) in [6, 6.07) is 8.36. The smallest absolute Gasteiger partial charge is 0.161 e. The molecule has 0 spiro atoms. The Morgan fingerprint density at radius 1 is 1.14 bits per heavy atom. The number of nitriles is 1. The van der Waals surface area contributed by atoms with E-state index in [-0.39, 0.29) is 6.04 Å². The van der Waals surface area contributed by atoms with Crippen molar-refractivity contribution in [1.82, 2.24) is 9.80 Å². The van der Waals surface area contributed by atoms with E-state index >= 15 is 0 Å². The van der Waals surface area contributed by atoms with Crippen molar-refractivity contribution in [3.05, 3.63) is 23.8 Å². The monoisotopic (exact) mass is 289 g/mol. The van der Waals surface area contributed by atoms with Crippen molar-refractivity contribution in [3.63, 3.8) is 0 Å². The molecule has 0 bridgehead atoms. The summed E-state index contributed by atoms with van der Waals surface area (Å²) in [6.45, 7) is 6.73. The lowest BCUT2D eigenvalue weighted by atomic mass is 10.1. The quantitative estimate of drug-likeness (QED) is 0.826. The number of ether oxygens (including phenoxy) is 2. The molecule has 5 heteroatoms. The zero-order chi connectivity index (χ0) is 15.2. The first-order chi connectivity index (χ1) is 10.2. The van der Waals surface area contributed by atoms with Crippen molar-refractivity contribution in [2.75, 3.05) is 40.4 Å². The van der Waals surface area contributed by atoms with Gasteiger partial charge in [0.1, 0.15) is 0 Å². The molecule has 5 nitrogen and oxygen atoms in total. The molecule has 1 aromatic rings. The Hall–Kier alpha value is -1.77. The van der Waals surface area contributed by atoms with Gasteiger partial charge in [0.2, 0.25) is 0 Å². The van der Waals surface area contributed by atoms with Crippen LogP contribution in [0.15, 0.2) is 18.2 Å². The molecule has 0 saturated carbocycles. The minimum absolute atomic E-state index is 0.00762. The molecule has 114 valence electrons. The van der Waals surface area contributed by atoms with Gasteiger partial charge in [-0.2, -0.15) is 5.26 Å². The van der Waals surface area contributed by atoms with Crippen LogP contribution in [0.5, 0.6) is 11.5 Å². The van der Waals surface area contributed by atoms with Crippen LogP contribution in [0, 0.1) is 11.3 Å². The third-order valence-electron chi connectivity index (χ3n) is 4.00. The normalized spacial score (nSPS) is 18.0. The number of benzene rings is 1. The van der Waals surface area contributed by atoms with E-state index < -0.39 is 0 Å². The van der Waals surface area contributed by atoms with Gasteiger partial charge in [-0.25, -0.2) is 0 Å². The number of nitrogens with zero attached hydrogens (tertiary/aromatic N) is 3. The van der Waals surface area contributed by atoms with Gasteiger partial charge in [-0.15, -0.1) is 0 Å². The predicted molar refractivity (Wildman–Crippen MR) is 81.5 cm³/mol. The molecule has 1 aliphatic heterocycles. The molecule has 0 aliphatic carbocycles. The lowest BCUT2D eigenvalue weighted by Crippen LogP contribution is -2.48. The molecule has 0 amide bonds. The standard InChI is InChI=1S/C16H23N3O2/c1-13(11-17)19-8-6-18(7-9-19)12-14-4-5-15(20-2)16(10-14)21-3/h4-5,10,13H,6-9,12H2,1-3H3/t13-/m1/s1. The summed E-state index contributed by atoms with van der Waals surface area (Å²) in [6.07, 6.45) is 0. The summed E-state index contributed by atoms with van der Waals surface area (Å²) < 4.78 is 10.6. The maximum atomic E-state index is 8.96. The summed E-state index contributed by atoms with van der Waals surface area (Å²) in [7, 11) is 3.30. The van der Waals surface area contributed by atoms with E-state index in [2.05, 4.69) is 21.9 Å². The second kappa shape index (κ2) is 7.30. The lowest BCUT2D eigenvalue weighted by Gasteiger charge is -2.35. The molecule has 1 aliphatic rings. The van der Waals surface area contributed by atoms with Crippen molar-refractivity contribution in [2.24, 2.45) is 0 Å². The van der Waals surface area contributed by atoms with Crippen LogP contribution in [0.2, 0.25) is 0 Å². The van der Waals surface area contributed by atoms with Crippen molar-refractivity contribution in [2.45, 2.75) is 19.5 Å². The number of hydrogen-bond donors (Lipinski definition) is 0. The molecule has 1 aromatic carbocycles. The molecule has 21 heavy (non-hydrogen) atoms. The number of hydrogen-bond acceptors (Lipinski definition) is 5. The molecule has 1 atom stereocenters. The molecule has 2 rings (SSSR count). The van der Waals surface area contributed by atoms with Crippen LogP contribution in [-0.4, -0.2) is 56.2 Å². The molecule has 1 fully saturated rings. The van der Waals surface area contributed by atoms with Gasteiger partial charge in [0.15, 0.2) is 11.5 Å². The van der Waals surface area contributed by atoms with Crippen molar-refractivity contribution < 1.29 is 9.47 Å². The highest BCUT2D eigenvalue weighted by Crippen LogP contribution is 2.28. The van der Waals surface area contributed by atoms with Gasteiger partial charge in [-0.3, -0.25) is 9.80 Å². The number of rotatable bonds is 5. The van der Waals surface area contributed by atoms with Gasteiger partial charge in [-0.1, -0.05) is 6.07 Å². The Balaban J connectivity index is 1.93. The van der Waals surface area contributed by atoms with E-state index in [9.17, 15) is 0 Å². The largest absolute Gasteiger partial charge is 0.493 e. The first kappa shape index (κ1) is 15.6. The minimum atomic E-state index is 0.00762. The van der Waals surface area contributed by atoms with Crippen LogP contribution in [-0.2, 0) is 6.54 Å². The van der Waals surface area contributed by atoms with Gasteiger partial charge in [0, 0.05) is 32.7 Å². The maximum absolute atomic E-state index is 8.96. The minimum Gasteiger partial charge on any atom is -0.493 e. The van der Waals surface area contributed by atoms with Gasteiger partial charge >= 0.3 is 0 Å². The first-order valence-electron chi connectivity index (χ1n) is 7.25. The summed E-state index contributed by atoms with van der Waals surface area (Å²) in [5.74, 6) is 1.53. The zero-order valence-electron chi connectivity index (χ0n) is 13.0. The van der Waals surface area contributed by atoms with Crippen molar-refractivity contribution >= 4 is 0 Å². The fraction of sp³-hybridized carbons (Fsp3) is 0.562. The van der Waals surface area contributed by atoms with Crippen LogP contribution < -0.4 is 9.47 Å². The van der Waals surface area contributed by atoms with E-state index in [1.807, 2.05) is 19.1 Å². The summed E-state index contributed by atoms with van der Waals surface area (Å²) >= 11 is 0. The molecule has 0 unspecified atom stereocenters. The average Bonchev–Trinajstić information content (AvgIpc) is 2.54. The second-order valence-corrected chi connectivity index (χ2v) is 5.31. The topological polar surface area (TPSA) is 48.7 Å². The van der Waals surface area contributed by atoms with E-state index in [1.54, 1.807) is 14.2 Å². The third kappa shape index (κ3) is 3.87. The molecule has 0 radical (unpaired) electrons. The van der Waals surface area contributed by atoms with Crippen molar-refractivity contribution in [1.29, 1.82) is 5.26 Å². The van der Waals surface area contributed by atoms with Crippen LogP contribution >= 0.6 is 0 Å². The highest BCUT2D eigenvalue weighted by molar-refractivity contribution is 5.42. The summed E-state index contributed by atoms with van der Waals surface area (Å²) in [5.41, 5.74) is 1.22. The Bertz CT molecular complexity index is 505. The van der Waals surface area contributed by atoms with Crippen molar-refractivity contribution in [3.8, 4) is 17.6 Å². The fourth-order valence-corrected chi connectivity index (χ4v) is 2.63. The molecule has 0 N–H and O–H groups in total. The highest BCUT2D eigenvalue weighted by Gasteiger charge is 2.20. The molecular formula is C16H23N3O2. The van der Waals surface area contributed by atoms with Gasteiger partial charge in [0.25, 0.3) is 0 Å². The van der Waals surface area contributed by atoms with Crippen LogP contribution in [0.4, 0.5) is 0 Å². The molecule has 1 saturated heterocycles. The summed E-state index contributed by atoms with van der Waals surface area (Å²) in [5, 5.41) is 8.96. The lowest BCUT2D eigenvalue weighted by molar-refractivity contribution is 0.114. The van der Waals surface area contributed by atoms with E-state index in [0.29, 0.717) is 0 Å².